The molecule has 2 aromatic heterocycles. The Morgan fingerprint density at radius 1 is 1.20 bits per heavy atom. The van der Waals surface area contributed by atoms with Crippen molar-refractivity contribution in [3.05, 3.63) is 12.5 Å². The number of hydrogen-bond acceptors (Lipinski definition) is 8. The average Bonchev–Trinajstić information content (AvgIpc) is 3.18. The molecule has 9 heteroatoms. The van der Waals surface area contributed by atoms with Gasteiger partial charge in [-0.3, -0.25) is 4.57 Å². The third kappa shape index (κ3) is 2.97. The lowest BCUT2D eigenvalue weighted by Crippen LogP contribution is -2.33. The normalized spacial score (nSPS) is 30.8. The van der Waals surface area contributed by atoms with Gasteiger partial charge < -0.3 is 25.4 Å². The number of aliphatic hydroxyl groups is 3. The predicted octanol–water partition coefficient (Wildman–Crippen LogP) is 0.182. The number of nitrogens with zero attached hydrogens (tertiary/aromatic N) is 4. The fraction of sp³-hybridized carbons (Fsp3) is 0.688. The topological polar surface area (TPSA) is 126 Å². The van der Waals surface area contributed by atoms with Gasteiger partial charge in [-0.25, -0.2) is 4.98 Å². The lowest BCUT2D eigenvalue weighted by Gasteiger charge is -2.23. The summed E-state index contributed by atoms with van der Waals surface area (Å²) in [6.45, 7) is -0.365. The first-order valence-corrected chi connectivity index (χ1v) is 8.76. The Balaban J connectivity index is 1.62. The second-order valence-electron chi connectivity index (χ2n) is 6.79. The van der Waals surface area contributed by atoms with Crippen LogP contribution in [-0.2, 0) is 4.74 Å². The quantitative estimate of drug-likeness (QED) is 0.616. The summed E-state index contributed by atoms with van der Waals surface area (Å²) in [6.07, 6.45) is 5.03. The minimum atomic E-state index is -1.16. The van der Waals surface area contributed by atoms with Crippen LogP contribution in [0.5, 0.6) is 0 Å². The molecule has 4 atom stereocenters. The van der Waals surface area contributed by atoms with Crippen LogP contribution in [0.25, 0.3) is 11.0 Å². The highest BCUT2D eigenvalue weighted by atomic mass is 16.6. The monoisotopic (exact) mass is 349 g/mol. The first-order valence-electron chi connectivity index (χ1n) is 8.76. The zero-order valence-electron chi connectivity index (χ0n) is 13.8. The van der Waals surface area contributed by atoms with E-state index >= 15 is 0 Å². The third-order valence-corrected chi connectivity index (χ3v) is 5.13. The molecule has 1 saturated carbocycles. The lowest BCUT2D eigenvalue weighted by molar-refractivity contribution is -0.0509. The van der Waals surface area contributed by atoms with Gasteiger partial charge in [-0.1, -0.05) is 19.3 Å². The molecule has 25 heavy (non-hydrogen) atoms. The van der Waals surface area contributed by atoms with Crippen molar-refractivity contribution in [3.63, 3.8) is 0 Å². The number of aromatic nitrogens is 4. The van der Waals surface area contributed by atoms with Crippen molar-refractivity contribution >= 4 is 16.9 Å². The summed E-state index contributed by atoms with van der Waals surface area (Å²) in [4.78, 5) is 4.40. The number of hydrogen-bond donors (Lipinski definition) is 4. The minimum absolute atomic E-state index is 0.365. The Bertz CT molecular complexity index is 732. The van der Waals surface area contributed by atoms with E-state index < -0.39 is 24.5 Å². The van der Waals surface area contributed by atoms with Crippen molar-refractivity contribution in [3.8, 4) is 0 Å². The van der Waals surface area contributed by atoms with E-state index in [4.69, 9.17) is 4.74 Å². The first kappa shape index (κ1) is 16.6. The number of rotatable bonds is 4. The maximum Gasteiger partial charge on any atom is 0.177 e. The van der Waals surface area contributed by atoms with Crippen LogP contribution in [0, 0.1) is 0 Å². The van der Waals surface area contributed by atoms with Crippen molar-refractivity contribution in [1.29, 1.82) is 0 Å². The zero-order chi connectivity index (χ0) is 17.4. The number of aliphatic hydroxyl groups excluding tert-OH is 3. The summed E-state index contributed by atoms with van der Waals surface area (Å²) < 4.78 is 7.21. The van der Waals surface area contributed by atoms with Crippen LogP contribution >= 0.6 is 0 Å². The van der Waals surface area contributed by atoms with Crippen molar-refractivity contribution in [2.75, 3.05) is 11.9 Å². The SMILES string of the molecule is OC[C@H]1O[C@@H](n2cnc3c(NC4CCCCC4)nncc32)[C@H](O)[C@@H]1O. The highest BCUT2D eigenvalue weighted by molar-refractivity contribution is 5.85. The maximum absolute atomic E-state index is 10.2. The van der Waals surface area contributed by atoms with Crippen LogP contribution < -0.4 is 5.32 Å². The smallest absolute Gasteiger partial charge is 0.177 e. The molecule has 2 aromatic rings. The summed E-state index contributed by atoms with van der Waals surface area (Å²) in [5.41, 5.74) is 1.31. The fourth-order valence-corrected chi connectivity index (χ4v) is 3.72. The second-order valence-corrected chi connectivity index (χ2v) is 6.79. The molecule has 0 amide bonds. The molecule has 0 unspecified atom stereocenters. The first-order chi connectivity index (χ1) is 12.2. The predicted molar refractivity (Wildman–Crippen MR) is 88.8 cm³/mol. The summed E-state index contributed by atoms with van der Waals surface area (Å²) >= 11 is 0. The van der Waals surface area contributed by atoms with Gasteiger partial charge in [0.05, 0.1) is 24.6 Å². The van der Waals surface area contributed by atoms with Crippen molar-refractivity contribution in [2.24, 2.45) is 0 Å². The second kappa shape index (κ2) is 6.83. The average molecular weight is 349 g/mol. The Kier molecular flexibility index (Phi) is 4.55. The molecule has 2 fully saturated rings. The van der Waals surface area contributed by atoms with Gasteiger partial charge in [0.15, 0.2) is 12.0 Å². The molecular formula is C16H23N5O4. The van der Waals surface area contributed by atoms with Gasteiger partial charge in [0.25, 0.3) is 0 Å². The summed E-state index contributed by atoms with van der Waals surface area (Å²) in [6, 6.07) is 0.368. The molecule has 136 valence electrons. The fourth-order valence-electron chi connectivity index (χ4n) is 3.72. The van der Waals surface area contributed by atoms with Crippen molar-refractivity contribution in [2.45, 2.75) is 62.7 Å². The van der Waals surface area contributed by atoms with E-state index in [1.54, 1.807) is 17.1 Å². The van der Waals surface area contributed by atoms with E-state index in [0.717, 1.165) is 12.8 Å². The molecule has 0 bridgehead atoms. The van der Waals surface area contributed by atoms with Gasteiger partial charge in [0, 0.05) is 6.04 Å². The van der Waals surface area contributed by atoms with Gasteiger partial charge >= 0.3 is 0 Å². The molecular weight excluding hydrogens is 326 g/mol. The summed E-state index contributed by atoms with van der Waals surface area (Å²) in [5.74, 6) is 0.620. The molecule has 1 saturated heterocycles. The zero-order valence-corrected chi connectivity index (χ0v) is 13.8. The van der Waals surface area contributed by atoms with Crippen LogP contribution in [-0.4, -0.2) is 66.0 Å². The Hall–Kier alpha value is -1.81. The lowest BCUT2D eigenvalue weighted by atomic mass is 9.95. The summed E-state index contributed by atoms with van der Waals surface area (Å²) in [7, 11) is 0. The highest BCUT2D eigenvalue weighted by Crippen LogP contribution is 2.33. The molecule has 0 radical (unpaired) electrons. The molecule has 0 spiro atoms. The van der Waals surface area contributed by atoms with E-state index in [9.17, 15) is 15.3 Å². The number of anilines is 1. The maximum atomic E-state index is 10.2. The van der Waals surface area contributed by atoms with E-state index in [1.165, 1.54) is 19.3 Å². The molecule has 4 N–H and O–H groups in total. The minimum Gasteiger partial charge on any atom is -0.394 e. The Labute approximate surface area is 144 Å². The number of imidazole rings is 1. The number of nitrogens with one attached hydrogen (secondary N) is 1. The molecule has 2 aliphatic rings. The largest absolute Gasteiger partial charge is 0.394 e. The standard InChI is InChI=1S/C16H23N5O4/c22-7-11-13(23)14(24)16(25-11)21-8-17-12-10(21)6-18-20-15(12)19-9-4-2-1-3-5-9/h6,8-9,11,13-14,16,22-24H,1-5,7H2,(H,19,20)/t11-,13-,14-,16-/m1/s1. The third-order valence-electron chi connectivity index (χ3n) is 5.13. The van der Waals surface area contributed by atoms with Gasteiger partial charge in [0.2, 0.25) is 0 Å². The molecule has 3 heterocycles. The van der Waals surface area contributed by atoms with E-state index in [1.807, 2.05) is 0 Å². The van der Waals surface area contributed by atoms with Gasteiger partial charge in [-0.05, 0) is 12.8 Å². The van der Waals surface area contributed by atoms with Crippen LogP contribution in [0.15, 0.2) is 12.5 Å². The Morgan fingerprint density at radius 2 is 2.00 bits per heavy atom. The van der Waals surface area contributed by atoms with Crippen molar-refractivity contribution < 1.29 is 20.1 Å². The highest BCUT2D eigenvalue weighted by Gasteiger charge is 2.43. The van der Waals surface area contributed by atoms with Crippen LogP contribution in [0.4, 0.5) is 5.82 Å². The number of ether oxygens (including phenoxy) is 1. The van der Waals surface area contributed by atoms with E-state index in [-0.39, 0.29) is 6.61 Å². The van der Waals surface area contributed by atoms with Crippen LogP contribution in [0.2, 0.25) is 0 Å². The van der Waals surface area contributed by atoms with Crippen LogP contribution in [0.1, 0.15) is 38.3 Å². The van der Waals surface area contributed by atoms with Crippen molar-refractivity contribution in [1.82, 2.24) is 19.7 Å². The molecule has 0 aromatic carbocycles. The van der Waals surface area contributed by atoms with E-state index in [2.05, 4.69) is 20.5 Å². The van der Waals surface area contributed by atoms with Gasteiger partial charge in [-0.2, -0.15) is 5.10 Å². The van der Waals surface area contributed by atoms with E-state index in [0.29, 0.717) is 22.9 Å². The molecule has 4 rings (SSSR count). The molecule has 9 nitrogen and oxygen atoms in total. The van der Waals surface area contributed by atoms with Gasteiger partial charge in [0.1, 0.15) is 23.8 Å². The number of fused-ring (bicyclic) bond motifs is 1. The summed E-state index contributed by atoms with van der Waals surface area (Å²) in [5, 5.41) is 41.1. The van der Waals surface area contributed by atoms with Gasteiger partial charge in [-0.15, -0.1) is 5.10 Å². The van der Waals surface area contributed by atoms with Crippen LogP contribution in [0.3, 0.4) is 0 Å². The molecule has 1 aliphatic heterocycles. The molecule has 1 aliphatic carbocycles. The Morgan fingerprint density at radius 3 is 2.72 bits per heavy atom.